The first-order valence-corrected chi connectivity index (χ1v) is 9.25. The van der Waals surface area contributed by atoms with Crippen molar-refractivity contribution in [3.63, 3.8) is 0 Å². The number of halogens is 2. The predicted octanol–water partition coefficient (Wildman–Crippen LogP) is 3.92. The van der Waals surface area contributed by atoms with Crippen LogP contribution in [0.25, 0.3) is 11.0 Å². The molecular formula is C19H19F2N7O. The molecule has 0 aliphatic heterocycles. The predicted molar refractivity (Wildman–Crippen MR) is 101 cm³/mol. The average molecular weight is 399 g/mol. The minimum atomic E-state index is -3.20. The maximum absolute atomic E-state index is 13.5. The number of nitrogens with one attached hydrogen (secondary N) is 2. The van der Waals surface area contributed by atoms with Crippen molar-refractivity contribution in [2.24, 2.45) is 0 Å². The van der Waals surface area contributed by atoms with E-state index in [2.05, 4.69) is 40.1 Å². The Balaban J connectivity index is 0.000000142. The van der Waals surface area contributed by atoms with Crippen molar-refractivity contribution in [2.75, 3.05) is 5.32 Å². The van der Waals surface area contributed by atoms with Crippen LogP contribution in [0.15, 0.2) is 53.8 Å². The molecule has 3 heterocycles. The number of hydrogen-bond donors (Lipinski definition) is 2. The van der Waals surface area contributed by atoms with Gasteiger partial charge in [0.1, 0.15) is 12.1 Å². The van der Waals surface area contributed by atoms with Gasteiger partial charge in [0.25, 0.3) is 0 Å². The summed E-state index contributed by atoms with van der Waals surface area (Å²) in [4.78, 5) is 11.7. The van der Waals surface area contributed by atoms with Crippen LogP contribution in [-0.2, 0) is 5.92 Å². The lowest BCUT2D eigenvalue weighted by molar-refractivity contribution is 0.0304. The van der Waals surface area contributed by atoms with Gasteiger partial charge in [-0.25, -0.2) is 9.97 Å². The SMILES string of the molecule is FC(F)(c1ccccc1)c1ncon1.c1nc(NC2CCCC2)c2cn[nH]c2n1. The molecule has 1 fully saturated rings. The smallest absolute Gasteiger partial charge is 0.335 e. The zero-order valence-electron chi connectivity index (χ0n) is 15.4. The normalized spacial score (nSPS) is 14.6. The van der Waals surface area contributed by atoms with E-state index < -0.39 is 11.7 Å². The van der Waals surface area contributed by atoms with Gasteiger partial charge in [0.15, 0.2) is 5.65 Å². The molecule has 10 heteroatoms. The monoisotopic (exact) mass is 399 g/mol. The van der Waals surface area contributed by atoms with E-state index in [-0.39, 0.29) is 5.56 Å². The quantitative estimate of drug-likeness (QED) is 0.536. The highest BCUT2D eigenvalue weighted by atomic mass is 19.3. The molecule has 1 aromatic carbocycles. The Labute approximate surface area is 164 Å². The van der Waals surface area contributed by atoms with Gasteiger partial charge in [0.05, 0.1) is 11.6 Å². The Morgan fingerprint density at radius 3 is 2.59 bits per heavy atom. The minimum absolute atomic E-state index is 0.151. The van der Waals surface area contributed by atoms with Gasteiger partial charge in [-0.1, -0.05) is 48.3 Å². The van der Waals surface area contributed by atoms with Crippen LogP contribution in [0.4, 0.5) is 14.6 Å². The molecule has 2 N–H and O–H groups in total. The number of anilines is 1. The lowest BCUT2D eigenvalue weighted by Crippen LogP contribution is -2.16. The van der Waals surface area contributed by atoms with Gasteiger partial charge >= 0.3 is 5.92 Å². The van der Waals surface area contributed by atoms with Crippen molar-refractivity contribution in [3.8, 4) is 0 Å². The molecule has 1 aliphatic carbocycles. The number of fused-ring (bicyclic) bond motifs is 1. The first-order chi connectivity index (χ1) is 14.1. The van der Waals surface area contributed by atoms with Crippen LogP contribution in [0.3, 0.4) is 0 Å². The highest BCUT2D eigenvalue weighted by Gasteiger charge is 2.38. The molecule has 150 valence electrons. The molecule has 8 nitrogen and oxygen atoms in total. The molecule has 0 radical (unpaired) electrons. The van der Waals surface area contributed by atoms with E-state index >= 15 is 0 Å². The summed E-state index contributed by atoms with van der Waals surface area (Å²) < 4.78 is 31.4. The molecule has 0 saturated heterocycles. The molecule has 4 aromatic rings. The van der Waals surface area contributed by atoms with Gasteiger partial charge in [-0.05, 0) is 12.8 Å². The van der Waals surface area contributed by atoms with E-state index in [0.29, 0.717) is 6.04 Å². The van der Waals surface area contributed by atoms with Crippen LogP contribution in [0.5, 0.6) is 0 Å². The van der Waals surface area contributed by atoms with Crippen LogP contribution in [0.1, 0.15) is 37.1 Å². The number of alkyl halides is 2. The standard InChI is InChI=1S/C10H13N5.C9H6F2N2O/c1-2-4-7(3-1)14-9-8-5-13-15-10(8)12-6-11-9;10-9(11,8-12-6-14-13-8)7-4-2-1-3-5-7/h5-7H,1-4H2,(H2,11,12,13,14,15);1-6H. The number of H-pyrrole nitrogens is 1. The minimum Gasteiger partial charge on any atom is -0.367 e. The fraction of sp³-hybridized carbons (Fsp3) is 0.316. The van der Waals surface area contributed by atoms with Crippen molar-refractivity contribution in [2.45, 2.75) is 37.6 Å². The summed E-state index contributed by atoms with van der Waals surface area (Å²) in [7, 11) is 0. The number of nitrogens with zero attached hydrogens (tertiary/aromatic N) is 5. The maximum Gasteiger partial charge on any atom is 0.335 e. The Kier molecular flexibility index (Phi) is 5.41. The summed E-state index contributed by atoms with van der Waals surface area (Å²) in [6.45, 7) is 0. The van der Waals surface area contributed by atoms with E-state index in [0.717, 1.165) is 23.2 Å². The third-order valence-electron chi connectivity index (χ3n) is 4.72. The topological polar surface area (TPSA) is 105 Å². The molecule has 5 rings (SSSR count). The molecule has 0 atom stereocenters. The third-order valence-corrected chi connectivity index (χ3v) is 4.72. The van der Waals surface area contributed by atoms with E-state index in [1.165, 1.54) is 49.9 Å². The van der Waals surface area contributed by atoms with Crippen LogP contribution < -0.4 is 5.32 Å². The van der Waals surface area contributed by atoms with Crippen LogP contribution in [0.2, 0.25) is 0 Å². The fourth-order valence-electron chi connectivity index (χ4n) is 3.23. The summed E-state index contributed by atoms with van der Waals surface area (Å²) in [5.41, 5.74) is 0.645. The van der Waals surface area contributed by atoms with Gasteiger partial charge in [-0.2, -0.15) is 18.9 Å². The Hall–Kier alpha value is -3.43. The summed E-state index contributed by atoms with van der Waals surface area (Å²) in [5, 5.41) is 14.4. The zero-order chi connectivity index (χ0) is 20.1. The molecule has 0 bridgehead atoms. The molecule has 1 aliphatic rings. The van der Waals surface area contributed by atoms with E-state index in [9.17, 15) is 8.78 Å². The first-order valence-electron chi connectivity index (χ1n) is 9.25. The van der Waals surface area contributed by atoms with Gasteiger partial charge in [0, 0.05) is 11.6 Å². The van der Waals surface area contributed by atoms with Gasteiger partial charge in [-0.15, -0.1) is 0 Å². The summed E-state index contributed by atoms with van der Waals surface area (Å²) in [6, 6.07) is 7.92. The number of benzene rings is 1. The van der Waals surface area contributed by atoms with E-state index in [1.807, 2.05) is 0 Å². The molecule has 1 saturated carbocycles. The molecule has 29 heavy (non-hydrogen) atoms. The number of aromatic nitrogens is 6. The van der Waals surface area contributed by atoms with Crippen molar-refractivity contribution in [3.05, 3.63) is 60.6 Å². The van der Waals surface area contributed by atoms with Crippen molar-refractivity contribution >= 4 is 16.9 Å². The largest absolute Gasteiger partial charge is 0.367 e. The number of rotatable bonds is 4. The highest BCUT2D eigenvalue weighted by molar-refractivity contribution is 5.85. The second kappa shape index (κ2) is 8.29. The average Bonchev–Trinajstić information content (AvgIpc) is 3.51. The lowest BCUT2D eigenvalue weighted by Gasteiger charge is -2.12. The number of aromatic amines is 1. The summed E-state index contributed by atoms with van der Waals surface area (Å²) >= 11 is 0. The van der Waals surface area contributed by atoms with Crippen LogP contribution >= 0.6 is 0 Å². The van der Waals surface area contributed by atoms with E-state index in [1.54, 1.807) is 18.6 Å². The summed E-state index contributed by atoms with van der Waals surface area (Å²) in [6.07, 6.45) is 9.33. The fourth-order valence-corrected chi connectivity index (χ4v) is 3.23. The lowest BCUT2D eigenvalue weighted by atomic mass is 10.1. The Bertz CT molecular complexity index is 1030. The molecular weight excluding hydrogens is 380 g/mol. The highest BCUT2D eigenvalue weighted by Crippen LogP contribution is 2.32. The second-order valence-electron chi connectivity index (χ2n) is 6.68. The van der Waals surface area contributed by atoms with Gasteiger partial charge in [0.2, 0.25) is 12.2 Å². The Morgan fingerprint density at radius 1 is 1.07 bits per heavy atom. The second-order valence-corrected chi connectivity index (χ2v) is 6.68. The molecule has 0 spiro atoms. The van der Waals surface area contributed by atoms with Crippen LogP contribution in [0, 0.1) is 0 Å². The van der Waals surface area contributed by atoms with Crippen molar-refractivity contribution in [1.29, 1.82) is 0 Å². The van der Waals surface area contributed by atoms with Crippen LogP contribution in [-0.4, -0.2) is 36.3 Å². The molecule has 0 unspecified atom stereocenters. The maximum atomic E-state index is 13.5. The van der Waals surface area contributed by atoms with E-state index in [4.69, 9.17) is 0 Å². The number of hydrogen-bond acceptors (Lipinski definition) is 7. The molecule has 3 aromatic heterocycles. The third kappa shape index (κ3) is 4.20. The molecule has 0 amide bonds. The Morgan fingerprint density at radius 2 is 1.86 bits per heavy atom. The van der Waals surface area contributed by atoms with Gasteiger partial charge < -0.3 is 9.84 Å². The van der Waals surface area contributed by atoms with Crippen molar-refractivity contribution < 1.29 is 13.3 Å². The van der Waals surface area contributed by atoms with Gasteiger partial charge in [-0.3, -0.25) is 5.10 Å². The zero-order valence-corrected chi connectivity index (χ0v) is 15.4. The van der Waals surface area contributed by atoms with Crippen molar-refractivity contribution in [1.82, 2.24) is 30.3 Å². The first kappa shape index (κ1) is 18.9. The summed E-state index contributed by atoms with van der Waals surface area (Å²) in [5.74, 6) is -2.92.